The minimum Gasteiger partial charge on any atom is -0.384 e. The second kappa shape index (κ2) is 6.48. The van der Waals surface area contributed by atoms with Crippen molar-refractivity contribution in [3.05, 3.63) is 28.8 Å². The minimum atomic E-state index is -3.57. The van der Waals surface area contributed by atoms with Gasteiger partial charge in [-0.1, -0.05) is 23.4 Å². The normalized spacial score (nSPS) is 11.5. The molecule has 0 aliphatic rings. The monoisotopic (exact) mass is 329 g/mol. The number of hydrogen-bond acceptors (Lipinski definition) is 4. The van der Waals surface area contributed by atoms with Crippen molar-refractivity contribution in [3.63, 3.8) is 0 Å². The zero-order valence-electron chi connectivity index (χ0n) is 11.9. The van der Waals surface area contributed by atoms with Gasteiger partial charge in [0.1, 0.15) is 11.4 Å². The Morgan fingerprint density at radius 2 is 2.05 bits per heavy atom. The highest BCUT2D eigenvalue weighted by atomic mass is 35.5. The van der Waals surface area contributed by atoms with E-state index in [-0.39, 0.29) is 6.61 Å². The van der Waals surface area contributed by atoms with E-state index in [0.717, 1.165) is 6.26 Å². The SMILES string of the molecule is CC(C)(C(=O)Nc1ccc(Cl)cc1C#CCO)S(C)(=O)=O. The number of nitrogens with one attached hydrogen (secondary N) is 1. The number of aliphatic hydroxyl groups is 1. The van der Waals surface area contributed by atoms with Gasteiger partial charge in [-0.2, -0.15) is 0 Å². The van der Waals surface area contributed by atoms with E-state index in [1.54, 1.807) is 6.07 Å². The van der Waals surface area contributed by atoms with Crippen molar-refractivity contribution >= 4 is 33.0 Å². The van der Waals surface area contributed by atoms with Crippen LogP contribution in [0.3, 0.4) is 0 Å². The number of sulfone groups is 1. The summed E-state index contributed by atoms with van der Waals surface area (Å²) in [7, 11) is -3.57. The number of halogens is 1. The first-order valence-corrected chi connectivity index (χ1v) is 8.27. The Balaban J connectivity index is 3.17. The zero-order chi connectivity index (χ0) is 16.3. The molecule has 0 atom stereocenters. The maximum Gasteiger partial charge on any atom is 0.245 e. The van der Waals surface area contributed by atoms with Crippen LogP contribution in [0.1, 0.15) is 19.4 Å². The zero-order valence-corrected chi connectivity index (χ0v) is 13.5. The van der Waals surface area contributed by atoms with Crippen molar-refractivity contribution in [1.29, 1.82) is 0 Å². The number of anilines is 1. The Labute approximate surface area is 129 Å². The minimum absolute atomic E-state index is 0.335. The van der Waals surface area contributed by atoms with Gasteiger partial charge < -0.3 is 10.4 Å². The van der Waals surface area contributed by atoms with Crippen molar-refractivity contribution in [2.24, 2.45) is 0 Å². The average molecular weight is 330 g/mol. The first kappa shape index (κ1) is 17.5. The lowest BCUT2D eigenvalue weighted by Gasteiger charge is -2.21. The topological polar surface area (TPSA) is 83.5 Å². The van der Waals surface area contributed by atoms with E-state index < -0.39 is 20.5 Å². The number of rotatable bonds is 3. The summed E-state index contributed by atoms with van der Waals surface area (Å²) < 4.78 is 21.7. The smallest absolute Gasteiger partial charge is 0.245 e. The fourth-order valence-electron chi connectivity index (χ4n) is 1.30. The summed E-state index contributed by atoms with van der Waals surface area (Å²) in [6.45, 7) is 2.31. The van der Waals surface area contributed by atoms with Crippen molar-refractivity contribution < 1.29 is 18.3 Å². The highest BCUT2D eigenvalue weighted by Gasteiger charge is 2.38. The molecule has 0 heterocycles. The number of benzene rings is 1. The Hall–Kier alpha value is -1.55. The molecule has 0 unspecified atom stereocenters. The molecule has 0 aliphatic heterocycles. The Kier molecular flexibility index (Phi) is 5.40. The lowest BCUT2D eigenvalue weighted by Crippen LogP contribution is -2.44. The Morgan fingerprint density at radius 3 is 2.57 bits per heavy atom. The van der Waals surface area contributed by atoms with Gasteiger partial charge in [0.05, 0.1) is 5.69 Å². The molecule has 114 valence electrons. The first-order valence-electron chi connectivity index (χ1n) is 6.00. The van der Waals surface area contributed by atoms with Crippen LogP contribution in [0.4, 0.5) is 5.69 Å². The molecule has 1 rings (SSSR count). The summed E-state index contributed by atoms with van der Waals surface area (Å²) in [5, 5.41) is 11.7. The van der Waals surface area contributed by atoms with Gasteiger partial charge >= 0.3 is 0 Å². The maximum absolute atomic E-state index is 12.2. The quantitative estimate of drug-likeness (QED) is 0.822. The van der Waals surface area contributed by atoms with Crippen LogP contribution < -0.4 is 5.32 Å². The number of amides is 1. The van der Waals surface area contributed by atoms with Gasteiger partial charge in [-0.25, -0.2) is 8.42 Å². The molecule has 7 heteroatoms. The molecule has 0 saturated carbocycles. The molecule has 0 bridgehead atoms. The molecule has 0 spiro atoms. The molecule has 21 heavy (non-hydrogen) atoms. The van der Waals surface area contributed by atoms with E-state index in [1.165, 1.54) is 26.0 Å². The summed E-state index contributed by atoms with van der Waals surface area (Å²) in [6.07, 6.45) is 1.00. The second-order valence-electron chi connectivity index (χ2n) is 4.89. The van der Waals surface area contributed by atoms with Crippen LogP contribution in [-0.2, 0) is 14.6 Å². The lowest BCUT2D eigenvalue weighted by molar-refractivity contribution is -0.117. The molecule has 0 fully saturated rings. The molecule has 1 amide bonds. The lowest BCUT2D eigenvalue weighted by atomic mass is 10.1. The number of aliphatic hydroxyl groups excluding tert-OH is 1. The highest BCUT2D eigenvalue weighted by Crippen LogP contribution is 2.23. The van der Waals surface area contributed by atoms with Crippen molar-refractivity contribution in [1.82, 2.24) is 0 Å². The number of hydrogen-bond donors (Lipinski definition) is 2. The van der Waals surface area contributed by atoms with Crippen LogP contribution in [0.25, 0.3) is 0 Å². The van der Waals surface area contributed by atoms with Crippen LogP contribution in [-0.4, -0.2) is 37.0 Å². The molecule has 0 radical (unpaired) electrons. The third-order valence-corrected chi connectivity index (χ3v) is 5.28. The van der Waals surface area contributed by atoms with Gasteiger partial charge in [0, 0.05) is 16.8 Å². The van der Waals surface area contributed by atoms with E-state index in [1.807, 2.05) is 0 Å². The average Bonchev–Trinajstić information content (AvgIpc) is 2.37. The van der Waals surface area contributed by atoms with E-state index in [0.29, 0.717) is 16.3 Å². The fourth-order valence-corrected chi connectivity index (χ4v) is 1.86. The van der Waals surface area contributed by atoms with Gasteiger partial charge in [0.15, 0.2) is 9.84 Å². The standard InChI is InChI=1S/C14H16ClNO4S/c1-14(2,21(3,19)20)13(18)16-12-7-6-11(15)9-10(12)5-4-8-17/h6-7,9,17H,8H2,1-3H3,(H,16,18). The predicted molar refractivity (Wildman–Crippen MR) is 83.0 cm³/mol. The summed E-state index contributed by atoms with van der Waals surface area (Å²) >= 11 is 5.86. The van der Waals surface area contributed by atoms with Gasteiger partial charge in [-0.15, -0.1) is 0 Å². The number of carbonyl (C=O) groups is 1. The molecule has 1 aromatic rings. The molecule has 0 aromatic heterocycles. The number of carbonyl (C=O) groups excluding carboxylic acids is 1. The van der Waals surface area contributed by atoms with E-state index >= 15 is 0 Å². The molecule has 1 aromatic carbocycles. The van der Waals surface area contributed by atoms with E-state index in [2.05, 4.69) is 17.2 Å². The molecule has 2 N–H and O–H groups in total. The Morgan fingerprint density at radius 1 is 1.43 bits per heavy atom. The third kappa shape index (κ3) is 4.21. The summed E-state index contributed by atoms with van der Waals surface area (Å²) in [4.78, 5) is 12.2. The predicted octanol–water partition coefficient (Wildman–Crippen LogP) is 1.45. The largest absolute Gasteiger partial charge is 0.384 e. The van der Waals surface area contributed by atoms with E-state index in [4.69, 9.17) is 16.7 Å². The van der Waals surface area contributed by atoms with Crippen LogP contribution in [0.2, 0.25) is 5.02 Å². The molecule has 5 nitrogen and oxygen atoms in total. The van der Waals surface area contributed by atoms with Gasteiger partial charge in [0.25, 0.3) is 0 Å². The summed E-state index contributed by atoms with van der Waals surface area (Å²) in [5.41, 5.74) is 0.733. The van der Waals surface area contributed by atoms with Crippen LogP contribution in [0.5, 0.6) is 0 Å². The maximum atomic E-state index is 12.2. The van der Waals surface area contributed by atoms with Crippen LogP contribution in [0.15, 0.2) is 18.2 Å². The van der Waals surface area contributed by atoms with Crippen molar-refractivity contribution in [2.75, 3.05) is 18.2 Å². The second-order valence-corrected chi connectivity index (χ2v) is 7.89. The highest BCUT2D eigenvalue weighted by molar-refractivity contribution is 7.92. The third-order valence-electron chi connectivity index (χ3n) is 3.01. The molecular formula is C14H16ClNO4S. The first-order chi connectivity index (χ1) is 9.59. The molecule has 0 aliphatic carbocycles. The molecule has 0 saturated heterocycles. The van der Waals surface area contributed by atoms with Crippen LogP contribution >= 0.6 is 11.6 Å². The summed E-state index contributed by atoms with van der Waals surface area (Å²) in [5.74, 6) is 4.44. The van der Waals surface area contributed by atoms with Crippen LogP contribution in [0, 0.1) is 11.8 Å². The van der Waals surface area contributed by atoms with Gasteiger partial charge in [0.2, 0.25) is 5.91 Å². The van der Waals surface area contributed by atoms with Crippen molar-refractivity contribution in [3.8, 4) is 11.8 Å². The van der Waals surface area contributed by atoms with Crippen molar-refractivity contribution in [2.45, 2.75) is 18.6 Å². The summed E-state index contributed by atoms with van der Waals surface area (Å²) in [6, 6.07) is 4.60. The van der Waals surface area contributed by atoms with Gasteiger partial charge in [-0.3, -0.25) is 4.79 Å². The molecular weight excluding hydrogens is 314 g/mol. The van der Waals surface area contributed by atoms with Gasteiger partial charge in [-0.05, 0) is 32.0 Å². The van der Waals surface area contributed by atoms with E-state index in [9.17, 15) is 13.2 Å². The Bertz CT molecular complexity index is 714. The fraction of sp³-hybridized carbons (Fsp3) is 0.357.